The molecule has 2 rings (SSSR count). The van der Waals surface area contributed by atoms with Crippen LogP contribution >= 0.6 is 27.3 Å². The summed E-state index contributed by atoms with van der Waals surface area (Å²) in [5.74, 6) is -1.88. The molecule has 82 valence electrons. The largest absolute Gasteiger partial charge is 0.288 e. The second-order valence-corrected chi connectivity index (χ2v) is 4.85. The van der Waals surface area contributed by atoms with Crippen LogP contribution in [0.25, 0.3) is 0 Å². The van der Waals surface area contributed by atoms with Gasteiger partial charge in [0.1, 0.15) is 11.6 Å². The second kappa shape index (κ2) is 4.43. The average molecular weight is 303 g/mol. The maximum absolute atomic E-state index is 13.5. The third-order valence-electron chi connectivity index (χ3n) is 2.00. The van der Waals surface area contributed by atoms with Crippen molar-refractivity contribution in [3.63, 3.8) is 0 Å². The highest BCUT2D eigenvalue weighted by Gasteiger charge is 2.17. The number of rotatable bonds is 2. The van der Waals surface area contributed by atoms with E-state index in [1.165, 1.54) is 11.3 Å². The SMILES string of the molecule is O=C(c1cccs1)c1cc(F)c(Br)cc1F. The zero-order valence-corrected chi connectivity index (χ0v) is 10.2. The lowest BCUT2D eigenvalue weighted by atomic mass is 10.1. The number of ketones is 1. The lowest BCUT2D eigenvalue weighted by molar-refractivity contribution is 0.103. The molecule has 0 unspecified atom stereocenters. The predicted molar refractivity (Wildman–Crippen MR) is 61.8 cm³/mol. The third-order valence-corrected chi connectivity index (χ3v) is 3.48. The maximum atomic E-state index is 13.5. The molecule has 5 heteroatoms. The Bertz CT molecular complexity index is 537. The summed E-state index contributed by atoms with van der Waals surface area (Å²) in [6, 6.07) is 5.12. The molecule has 0 spiro atoms. The Balaban J connectivity index is 2.49. The summed E-state index contributed by atoms with van der Waals surface area (Å²) in [6.45, 7) is 0. The van der Waals surface area contributed by atoms with Gasteiger partial charge in [-0.25, -0.2) is 8.78 Å². The summed E-state index contributed by atoms with van der Waals surface area (Å²) in [5, 5.41) is 1.71. The first kappa shape index (κ1) is 11.4. The van der Waals surface area contributed by atoms with Crippen molar-refractivity contribution in [2.45, 2.75) is 0 Å². The summed E-state index contributed by atoms with van der Waals surface area (Å²) in [6.07, 6.45) is 0. The van der Waals surface area contributed by atoms with Gasteiger partial charge in [0.2, 0.25) is 5.78 Å². The van der Waals surface area contributed by atoms with Gasteiger partial charge < -0.3 is 0 Å². The first-order valence-corrected chi connectivity index (χ1v) is 5.99. The van der Waals surface area contributed by atoms with E-state index in [0.29, 0.717) is 4.88 Å². The topological polar surface area (TPSA) is 17.1 Å². The molecule has 16 heavy (non-hydrogen) atoms. The minimum atomic E-state index is -0.730. The molecule has 1 aromatic heterocycles. The van der Waals surface area contributed by atoms with Crippen LogP contribution in [0.4, 0.5) is 8.78 Å². The predicted octanol–water partition coefficient (Wildman–Crippen LogP) is 4.02. The number of halogens is 3. The Morgan fingerprint density at radius 2 is 2.00 bits per heavy atom. The van der Waals surface area contributed by atoms with Crippen molar-refractivity contribution in [1.82, 2.24) is 0 Å². The van der Waals surface area contributed by atoms with Crippen LogP contribution in [-0.4, -0.2) is 5.78 Å². The lowest BCUT2D eigenvalue weighted by Gasteiger charge is -2.02. The number of thiophene rings is 1. The van der Waals surface area contributed by atoms with E-state index < -0.39 is 17.4 Å². The molecular weight excluding hydrogens is 298 g/mol. The first-order chi connectivity index (χ1) is 7.59. The number of hydrogen-bond donors (Lipinski definition) is 0. The van der Waals surface area contributed by atoms with Crippen LogP contribution in [0.15, 0.2) is 34.1 Å². The Morgan fingerprint density at radius 3 is 2.62 bits per heavy atom. The van der Waals surface area contributed by atoms with Crippen molar-refractivity contribution in [3.05, 3.63) is 56.2 Å². The lowest BCUT2D eigenvalue weighted by Crippen LogP contribution is -2.03. The average Bonchev–Trinajstić information content (AvgIpc) is 2.75. The van der Waals surface area contributed by atoms with Gasteiger partial charge >= 0.3 is 0 Å². The van der Waals surface area contributed by atoms with Crippen molar-refractivity contribution < 1.29 is 13.6 Å². The van der Waals surface area contributed by atoms with Crippen molar-refractivity contribution in [1.29, 1.82) is 0 Å². The van der Waals surface area contributed by atoms with E-state index in [1.54, 1.807) is 17.5 Å². The quantitative estimate of drug-likeness (QED) is 0.605. The van der Waals surface area contributed by atoms with Crippen LogP contribution in [-0.2, 0) is 0 Å². The summed E-state index contributed by atoms with van der Waals surface area (Å²) in [4.78, 5) is 12.2. The number of benzene rings is 1. The van der Waals surface area contributed by atoms with Crippen LogP contribution in [0.3, 0.4) is 0 Å². The summed E-state index contributed by atoms with van der Waals surface area (Å²) < 4.78 is 26.7. The van der Waals surface area contributed by atoms with Gasteiger partial charge in [-0.1, -0.05) is 6.07 Å². The van der Waals surface area contributed by atoms with Crippen LogP contribution in [0.1, 0.15) is 15.2 Å². The molecular formula is C11H5BrF2OS. The number of hydrogen-bond acceptors (Lipinski definition) is 2. The van der Waals surface area contributed by atoms with Gasteiger partial charge in [-0.05, 0) is 39.5 Å². The molecule has 2 aromatic rings. The fraction of sp³-hybridized carbons (Fsp3) is 0. The number of carbonyl (C=O) groups excluding carboxylic acids is 1. The van der Waals surface area contributed by atoms with E-state index >= 15 is 0 Å². The van der Waals surface area contributed by atoms with E-state index in [1.807, 2.05) is 0 Å². The fourth-order valence-corrected chi connectivity index (χ4v) is 2.23. The monoisotopic (exact) mass is 302 g/mol. The van der Waals surface area contributed by atoms with Gasteiger partial charge in [-0.2, -0.15) is 0 Å². The van der Waals surface area contributed by atoms with Gasteiger partial charge in [-0.3, -0.25) is 4.79 Å². The Morgan fingerprint density at radius 1 is 1.25 bits per heavy atom. The Hall–Kier alpha value is -1.07. The zero-order chi connectivity index (χ0) is 11.7. The van der Waals surface area contributed by atoms with Crippen molar-refractivity contribution in [2.24, 2.45) is 0 Å². The minimum absolute atomic E-state index is 0.00716. The number of carbonyl (C=O) groups is 1. The van der Waals surface area contributed by atoms with Crippen molar-refractivity contribution >= 4 is 33.0 Å². The van der Waals surface area contributed by atoms with E-state index in [-0.39, 0.29) is 10.0 Å². The fourth-order valence-electron chi connectivity index (χ4n) is 1.24. The third kappa shape index (κ3) is 2.05. The molecule has 0 N–H and O–H groups in total. The van der Waals surface area contributed by atoms with Crippen LogP contribution < -0.4 is 0 Å². The second-order valence-electron chi connectivity index (χ2n) is 3.05. The first-order valence-electron chi connectivity index (χ1n) is 4.32. The van der Waals surface area contributed by atoms with Crippen molar-refractivity contribution in [2.75, 3.05) is 0 Å². The maximum Gasteiger partial charge on any atom is 0.205 e. The van der Waals surface area contributed by atoms with Gasteiger partial charge in [0.05, 0.1) is 14.9 Å². The zero-order valence-electron chi connectivity index (χ0n) is 7.84. The van der Waals surface area contributed by atoms with Gasteiger partial charge in [0.25, 0.3) is 0 Å². The highest BCUT2D eigenvalue weighted by molar-refractivity contribution is 9.10. The van der Waals surface area contributed by atoms with Gasteiger partial charge in [-0.15, -0.1) is 11.3 Å². The molecule has 1 aromatic carbocycles. The summed E-state index contributed by atoms with van der Waals surface area (Å²) >= 11 is 4.05. The molecule has 0 fully saturated rings. The summed E-state index contributed by atoms with van der Waals surface area (Å²) in [7, 11) is 0. The molecule has 0 aliphatic carbocycles. The van der Waals surface area contributed by atoms with E-state index in [9.17, 15) is 13.6 Å². The normalized spacial score (nSPS) is 10.4. The smallest absolute Gasteiger partial charge is 0.205 e. The van der Waals surface area contributed by atoms with E-state index in [2.05, 4.69) is 15.9 Å². The molecule has 0 saturated heterocycles. The molecule has 1 heterocycles. The highest BCUT2D eigenvalue weighted by atomic mass is 79.9. The molecule has 0 aliphatic heterocycles. The van der Waals surface area contributed by atoms with E-state index in [4.69, 9.17) is 0 Å². The van der Waals surface area contributed by atoms with Gasteiger partial charge in [0.15, 0.2) is 0 Å². The summed E-state index contributed by atoms with van der Waals surface area (Å²) in [5.41, 5.74) is -0.247. The highest BCUT2D eigenvalue weighted by Crippen LogP contribution is 2.23. The standard InChI is InChI=1S/C11H5BrF2OS/c12-7-5-8(13)6(4-9(7)14)11(15)10-2-1-3-16-10/h1-5H. The van der Waals surface area contributed by atoms with Crippen LogP contribution in [0.5, 0.6) is 0 Å². The molecule has 0 radical (unpaired) electrons. The van der Waals surface area contributed by atoms with Gasteiger partial charge in [0, 0.05) is 0 Å². The van der Waals surface area contributed by atoms with Crippen LogP contribution in [0, 0.1) is 11.6 Å². The molecule has 0 saturated carbocycles. The molecule has 0 aliphatic rings. The van der Waals surface area contributed by atoms with E-state index in [0.717, 1.165) is 12.1 Å². The van der Waals surface area contributed by atoms with Crippen LogP contribution in [0.2, 0.25) is 0 Å². The van der Waals surface area contributed by atoms with Crippen molar-refractivity contribution in [3.8, 4) is 0 Å². The molecule has 1 nitrogen and oxygen atoms in total. The Kier molecular flexibility index (Phi) is 3.16. The molecule has 0 atom stereocenters. The minimum Gasteiger partial charge on any atom is -0.288 e. The molecule has 0 amide bonds. The molecule has 0 bridgehead atoms. The Labute approximate surface area is 103 Å².